The lowest BCUT2D eigenvalue weighted by molar-refractivity contribution is -0.137. The van der Waals surface area contributed by atoms with Gasteiger partial charge in [0.25, 0.3) is 0 Å². The molecule has 0 amide bonds. The molecule has 0 aliphatic rings. The van der Waals surface area contributed by atoms with E-state index >= 15 is 0 Å². The van der Waals surface area contributed by atoms with E-state index in [-0.39, 0.29) is 17.0 Å². The Morgan fingerprint density at radius 1 is 1.45 bits per heavy atom. The Bertz CT molecular complexity index is 584. The Morgan fingerprint density at radius 2 is 2.10 bits per heavy atom. The van der Waals surface area contributed by atoms with Gasteiger partial charge in [-0.3, -0.25) is 4.79 Å². The van der Waals surface area contributed by atoms with Crippen LogP contribution in [0.4, 0.5) is 13.2 Å². The van der Waals surface area contributed by atoms with Crippen molar-refractivity contribution in [1.82, 2.24) is 0 Å². The molecular formula is C13H11F3N2OS. The second-order valence-corrected chi connectivity index (χ2v) is 4.96. The van der Waals surface area contributed by atoms with Crippen LogP contribution in [0.25, 0.3) is 0 Å². The lowest BCUT2D eigenvalue weighted by Crippen LogP contribution is -2.10. The summed E-state index contributed by atoms with van der Waals surface area (Å²) in [6.45, 7) is 1.42. The van der Waals surface area contributed by atoms with Gasteiger partial charge >= 0.3 is 6.18 Å². The second kappa shape index (κ2) is 6.48. The number of nitrogens with zero attached hydrogens (tertiary/aromatic N) is 1. The van der Waals surface area contributed by atoms with E-state index in [0.29, 0.717) is 4.90 Å². The maximum atomic E-state index is 12.5. The van der Waals surface area contributed by atoms with Crippen LogP contribution < -0.4 is 5.73 Å². The van der Waals surface area contributed by atoms with Crippen molar-refractivity contribution in [2.45, 2.75) is 18.0 Å². The SMILES string of the molecule is CC(N)=C(C#N)C(=O)CSc1cccc(C(F)(F)F)c1. The van der Waals surface area contributed by atoms with Crippen LogP contribution >= 0.6 is 11.8 Å². The Morgan fingerprint density at radius 3 is 2.60 bits per heavy atom. The van der Waals surface area contributed by atoms with E-state index in [2.05, 4.69) is 0 Å². The van der Waals surface area contributed by atoms with E-state index in [9.17, 15) is 18.0 Å². The van der Waals surface area contributed by atoms with Crippen molar-refractivity contribution in [3.8, 4) is 6.07 Å². The van der Waals surface area contributed by atoms with Crippen LogP contribution in [0.15, 0.2) is 40.4 Å². The van der Waals surface area contributed by atoms with E-state index in [1.807, 2.05) is 0 Å². The van der Waals surface area contributed by atoms with Crippen LogP contribution in [0.5, 0.6) is 0 Å². The first-order valence-corrected chi connectivity index (χ1v) is 6.44. The Labute approximate surface area is 118 Å². The number of benzene rings is 1. The number of rotatable bonds is 4. The summed E-state index contributed by atoms with van der Waals surface area (Å²) in [5.41, 5.74) is 4.54. The van der Waals surface area contributed by atoms with Gasteiger partial charge in [0.15, 0.2) is 5.78 Å². The zero-order valence-electron chi connectivity index (χ0n) is 10.5. The fourth-order valence-electron chi connectivity index (χ4n) is 1.35. The van der Waals surface area contributed by atoms with Gasteiger partial charge in [-0.2, -0.15) is 18.4 Å². The molecule has 3 nitrogen and oxygen atoms in total. The van der Waals surface area contributed by atoms with E-state index in [4.69, 9.17) is 11.0 Å². The van der Waals surface area contributed by atoms with Gasteiger partial charge in [0, 0.05) is 10.6 Å². The number of carbonyl (C=O) groups excluding carboxylic acids is 1. The van der Waals surface area contributed by atoms with Crippen LogP contribution in [-0.4, -0.2) is 11.5 Å². The van der Waals surface area contributed by atoms with Crippen molar-refractivity contribution < 1.29 is 18.0 Å². The van der Waals surface area contributed by atoms with Gasteiger partial charge in [-0.05, 0) is 25.1 Å². The minimum Gasteiger partial charge on any atom is -0.401 e. The molecule has 0 spiro atoms. The molecule has 0 saturated heterocycles. The highest BCUT2D eigenvalue weighted by molar-refractivity contribution is 8.00. The molecule has 0 atom stereocenters. The van der Waals surface area contributed by atoms with Crippen molar-refractivity contribution in [3.05, 3.63) is 41.1 Å². The Hall–Kier alpha value is -1.94. The zero-order valence-corrected chi connectivity index (χ0v) is 11.3. The maximum Gasteiger partial charge on any atom is 0.416 e. The molecule has 0 heterocycles. The Kier molecular flexibility index (Phi) is 5.22. The molecule has 0 bridgehead atoms. The van der Waals surface area contributed by atoms with Crippen LogP contribution in [0.1, 0.15) is 12.5 Å². The van der Waals surface area contributed by atoms with E-state index in [1.54, 1.807) is 6.07 Å². The highest BCUT2D eigenvalue weighted by Crippen LogP contribution is 2.31. The number of nitrogens with two attached hydrogens (primary N) is 1. The fourth-order valence-corrected chi connectivity index (χ4v) is 2.18. The number of alkyl halides is 3. The fraction of sp³-hybridized carbons (Fsp3) is 0.231. The first-order valence-electron chi connectivity index (χ1n) is 5.45. The quantitative estimate of drug-likeness (QED) is 0.527. The van der Waals surface area contributed by atoms with E-state index in [1.165, 1.54) is 19.1 Å². The predicted octanol–water partition coefficient (Wildman–Crippen LogP) is 3.12. The molecule has 20 heavy (non-hydrogen) atoms. The average molecular weight is 300 g/mol. The first-order chi connectivity index (χ1) is 9.25. The Balaban J connectivity index is 2.80. The summed E-state index contributed by atoms with van der Waals surface area (Å²) in [5.74, 6) is -0.645. The number of allylic oxidation sites excluding steroid dienone is 2. The highest BCUT2D eigenvalue weighted by Gasteiger charge is 2.30. The summed E-state index contributed by atoms with van der Waals surface area (Å²) in [4.78, 5) is 12.0. The van der Waals surface area contributed by atoms with E-state index < -0.39 is 17.5 Å². The topological polar surface area (TPSA) is 66.9 Å². The number of hydrogen-bond acceptors (Lipinski definition) is 4. The normalized spacial score (nSPS) is 12.6. The summed E-state index contributed by atoms with van der Waals surface area (Å²) in [7, 11) is 0. The molecule has 0 radical (unpaired) electrons. The minimum atomic E-state index is -4.42. The van der Waals surface area contributed by atoms with Gasteiger partial charge in [0.2, 0.25) is 0 Å². The van der Waals surface area contributed by atoms with Crippen LogP contribution in [0.2, 0.25) is 0 Å². The maximum absolute atomic E-state index is 12.5. The first kappa shape index (κ1) is 16.1. The lowest BCUT2D eigenvalue weighted by atomic mass is 10.2. The van der Waals surface area contributed by atoms with Crippen LogP contribution in [0.3, 0.4) is 0 Å². The van der Waals surface area contributed by atoms with Gasteiger partial charge < -0.3 is 5.73 Å². The van der Waals surface area contributed by atoms with Crippen molar-refractivity contribution in [2.75, 3.05) is 5.75 Å². The van der Waals surface area contributed by atoms with Gasteiger partial charge in [-0.1, -0.05) is 6.07 Å². The number of ketones is 1. The monoisotopic (exact) mass is 300 g/mol. The van der Waals surface area contributed by atoms with Gasteiger partial charge in [0.05, 0.1) is 11.3 Å². The zero-order chi connectivity index (χ0) is 15.3. The predicted molar refractivity (Wildman–Crippen MR) is 69.7 cm³/mol. The molecule has 0 fully saturated rings. The number of Topliss-reactive ketones (excluding diaryl/α,β-unsaturated/α-hetero) is 1. The second-order valence-electron chi connectivity index (χ2n) is 3.91. The molecule has 0 unspecified atom stereocenters. The number of nitriles is 1. The summed E-state index contributed by atoms with van der Waals surface area (Å²) < 4.78 is 37.5. The van der Waals surface area contributed by atoms with E-state index in [0.717, 1.165) is 23.9 Å². The minimum absolute atomic E-state index is 0.0992. The summed E-state index contributed by atoms with van der Waals surface area (Å²) >= 11 is 0.930. The van der Waals surface area contributed by atoms with Crippen LogP contribution in [0, 0.1) is 11.3 Å². The lowest BCUT2D eigenvalue weighted by Gasteiger charge is -2.08. The largest absolute Gasteiger partial charge is 0.416 e. The molecule has 0 aliphatic carbocycles. The molecular weight excluding hydrogens is 289 g/mol. The molecule has 1 aromatic carbocycles. The molecule has 1 rings (SSSR count). The highest BCUT2D eigenvalue weighted by atomic mass is 32.2. The molecule has 0 aromatic heterocycles. The molecule has 1 aromatic rings. The molecule has 0 saturated carbocycles. The van der Waals surface area contributed by atoms with Crippen molar-refractivity contribution in [2.24, 2.45) is 5.73 Å². The third kappa shape index (κ3) is 4.31. The summed E-state index contributed by atoms with van der Waals surface area (Å²) in [6, 6.07) is 6.34. The third-order valence-corrected chi connectivity index (χ3v) is 3.31. The van der Waals surface area contributed by atoms with Crippen molar-refractivity contribution in [1.29, 1.82) is 5.26 Å². The van der Waals surface area contributed by atoms with Gasteiger partial charge in [0.1, 0.15) is 11.6 Å². The van der Waals surface area contributed by atoms with Crippen molar-refractivity contribution in [3.63, 3.8) is 0 Å². The van der Waals surface area contributed by atoms with Gasteiger partial charge in [-0.15, -0.1) is 11.8 Å². The molecule has 0 aliphatic heterocycles. The number of thioether (sulfide) groups is 1. The number of halogens is 3. The standard InChI is InChI=1S/C13H11F3N2OS/c1-8(18)11(6-17)12(19)7-20-10-4-2-3-9(5-10)13(14,15)16/h2-5H,7,18H2,1H3. The van der Waals surface area contributed by atoms with Crippen LogP contribution in [-0.2, 0) is 11.0 Å². The van der Waals surface area contributed by atoms with Crippen molar-refractivity contribution >= 4 is 17.5 Å². The molecule has 106 valence electrons. The number of carbonyl (C=O) groups is 1. The third-order valence-electron chi connectivity index (χ3n) is 2.32. The number of hydrogen-bond donors (Lipinski definition) is 1. The van der Waals surface area contributed by atoms with Gasteiger partial charge in [-0.25, -0.2) is 0 Å². The molecule has 2 N–H and O–H groups in total. The molecule has 7 heteroatoms. The summed E-state index contributed by atoms with van der Waals surface area (Å²) in [5, 5.41) is 8.75. The average Bonchev–Trinajstić information content (AvgIpc) is 2.36. The smallest absolute Gasteiger partial charge is 0.401 e. The summed E-state index contributed by atoms with van der Waals surface area (Å²) in [6.07, 6.45) is -4.42.